The Labute approximate surface area is 111 Å². The maximum Gasteiger partial charge on any atom is 0.136 e. The lowest BCUT2D eigenvalue weighted by Crippen LogP contribution is -1.98. The molecule has 3 heteroatoms. The van der Waals surface area contributed by atoms with Crippen LogP contribution in [0.5, 0.6) is 0 Å². The lowest BCUT2D eigenvalue weighted by atomic mass is 10.1. The van der Waals surface area contributed by atoms with Gasteiger partial charge in [-0.15, -0.1) is 0 Å². The highest BCUT2D eigenvalue weighted by atomic mass is 16.3. The van der Waals surface area contributed by atoms with Gasteiger partial charge in [0.25, 0.3) is 0 Å². The topological polar surface area (TPSA) is 38.0 Å². The minimum Gasteiger partial charge on any atom is -0.374 e. The zero-order chi connectivity index (χ0) is 13.1. The summed E-state index contributed by atoms with van der Waals surface area (Å²) in [5.41, 5.74) is 1.10. The van der Waals surface area contributed by atoms with Gasteiger partial charge < -0.3 is 5.11 Å². The number of aryl methyl sites for hydroxylation is 1. The van der Waals surface area contributed by atoms with Crippen molar-refractivity contribution < 1.29 is 5.11 Å². The maximum absolute atomic E-state index is 8.88. The molecule has 0 fully saturated rings. The van der Waals surface area contributed by atoms with E-state index in [0.717, 1.165) is 12.1 Å². The van der Waals surface area contributed by atoms with Crippen LogP contribution in [0.3, 0.4) is 0 Å². The van der Waals surface area contributed by atoms with E-state index in [0.29, 0.717) is 0 Å². The third-order valence-corrected chi connectivity index (χ3v) is 3.38. The van der Waals surface area contributed by atoms with Gasteiger partial charge in [0, 0.05) is 6.20 Å². The van der Waals surface area contributed by atoms with E-state index < -0.39 is 0 Å². The van der Waals surface area contributed by atoms with Crippen molar-refractivity contribution in [3.63, 3.8) is 0 Å². The Kier molecular flexibility index (Phi) is 8.57. The summed E-state index contributed by atoms with van der Waals surface area (Å²) in [6, 6.07) is 2.00. The summed E-state index contributed by atoms with van der Waals surface area (Å²) in [4.78, 5) is 0. The summed E-state index contributed by atoms with van der Waals surface area (Å²) < 4.78 is 1.57. The molecule has 0 radical (unpaired) electrons. The average molecular weight is 252 g/mol. The van der Waals surface area contributed by atoms with E-state index in [-0.39, 0.29) is 6.73 Å². The van der Waals surface area contributed by atoms with Crippen LogP contribution >= 0.6 is 0 Å². The minimum atomic E-state index is -0.0161. The van der Waals surface area contributed by atoms with Gasteiger partial charge in [0.2, 0.25) is 0 Å². The number of aliphatic hydroxyl groups excluding tert-OH is 1. The fraction of sp³-hybridized carbons (Fsp3) is 0.800. The molecule has 0 atom stereocenters. The van der Waals surface area contributed by atoms with Crippen molar-refractivity contribution in [2.75, 3.05) is 0 Å². The number of nitrogens with zero attached hydrogens (tertiary/aromatic N) is 2. The fourth-order valence-electron chi connectivity index (χ4n) is 2.23. The molecule has 1 aromatic heterocycles. The number of hydrogen-bond donors (Lipinski definition) is 1. The van der Waals surface area contributed by atoms with Gasteiger partial charge >= 0.3 is 0 Å². The molecule has 0 aromatic carbocycles. The molecule has 0 aliphatic rings. The third-order valence-electron chi connectivity index (χ3n) is 3.38. The second-order valence-electron chi connectivity index (χ2n) is 5.07. The van der Waals surface area contributed by atoms with E-state index in [1.54, 1.807) is 4.68 Å². The highest BCUT2D eigenvalue weighted by Gasteiger charge is 1.98. The van der Waals surface area contributed by atoms with Crippen LogP contribution in [0.15, 0.2) is 12.3 Å². The molecule has 1 N–H and O–H groups in total. The normalized spacial score (nSPS) is 11.0. The molecule has 0 saturated heterocycles. The van der Waals surface area contributed by atoms with Gasteiger partial charge in [0.05, 0.1) is 5.69 Å². The van der Waals surface area contributed by atoms with Crippen molar-refractivity contribution in [2.45, 2.75) is 77.9 Å². The molecule has 18 heavy (non-hydrogen) atoms. The summed E-state index contributed by atoms with van der Waals surface area (Å²) in [6.45, 7) is 2.25. The highest BCUT2D eigenvalue weighted by molar-refractivity contribution is 4.98. The Morgan fingerprint density at radius 1 is 1.00 bits per heavy atom. The minimum absolute atomic E-state index is 0.0161. The Balaban J connectivity index is 1.89. The van der Waals surface area contributed by atoms with Crippen molar-refractivity contribution in [2.24, 2.45) is 0 Å². The number of aliphatic hydroxyl groups is 1. The molecule has 1 heterocycles. The summed E-state index contributed by atoms with van der Waals surface area (Å²) in [5.74, 6) is 0. The zero-order valence-corrected chi connectivity index (χ0v) is 11.8. The van der Waals surface area contributed by atoms with Crippen LogP contribution in [0.1, 0.15) is 70.4 Å². The number of rotatable bonds is 11. The van der Waals surface area contributed by atoms with Crippen LogP contribution in [-0.2, 0) is 13.2 Å². The molecule has 0 spiro atoms. The first kappa shape index (κ1) is 15.2. The first-order valence-corrected chi connectivity index (χ1v) is 7.50. The van der Waals surface area contributed by atoms with Crippen molar-refractivity contribution >= 4 is 0 Å². The van der Waals surface area contributed by atoms with Gasteiger partial charge in [-0.25, -0.2) is 4.68 Å². The lowest BCUT2D eigenvalue weighted by Gasteiger charge is -2.01. The van der Waals surface area contributed by atoms with Gasteiger partial charge in [0.1, 0.15) is 6.73 Å². The molecule has 3 nitrogen and oxygen atoms in total. The SMILES string of the molecule is CCCCCCCCCCCc1ccn(CO)n1. The molecule has 1 aromatic rings. The van der Waals surface area contributed by atoms with Gasteiger partial charge in [-0.3, -0.25) is 0 Å². The van der Waals surface area contributed by atoms with Gasteiger partial charge in [-0.1, -0.05) is 58.3 Å². The lowest BCUT2D eigenvalue weighted by molar-refractivity contribution is 0.194. The van der Waals surface area contributed by atoms with Crippen molar-refractivity contribution in [1.82, 2.24) is 9.78 Å². The number of unbranched alkanes of at least 4 members (excludes halogenated alkanes) is 8. The molecule has 0 aliphatic heterocycles. The first-order valence-electron chi connectivity index (χ1n) is 7.50. The van der Waals surface area contributed by atoms with E-state index in [1.165, 1.54) is 57.8 Å². The molecule has 0 unspecified atom stereocenters. The summed E-state index contributed by atoms with van der Waals surface area (Å²) in [5, 5.41) is 13.1. The highest BCUT2D eigenvalue weighted by Crippen LogP contribution is 2.11. The first-order chi connectivity index (χ1) is 8.86. The monoisotopic (exact) mass is 252 g/mol. The summed E-state index contributed by atoms with van der Waals surface area (Å²) >= 11 is 0. The van der Waals surface area contributed by atoms with Crippen LogP contribution < -0.4 is 0 Å². The van der Waals surface area contributed by atoms with Gasteiger partial charge in [-0.2, -0.15) is 5.10 Å². The Morgan fingerprint density at radius 2 is 1.61 bits per heavy atom. The van der Waals surface area contributed by atoms with Crippen LogP contribution in [-0.4, -0.2) is 14.9 Å². The molecule has 0 amide bonds. The Bertz CT molecular complexity index is 296. The van der Waals surface area contributed by atoms with E-state index in [2.05, 4.69) is 12.0 Å². The fourth-order valence-corrected chi connectivity index (χ4v) is 2.23. The molecule has 0 saturated carbocycles. The molecule has 1 rings (SSSR count). The summed E-state index contributed by atoms with van der Waals surface area (Å²) in [6.07, 6.45) is 15.1. The smallest absolute Gasteiger partial charge is 0.136 e. The van der Waals surface area contributed by atoms with Crippen molar-refractivity contribution in [1.29, 1.82) is 0 Å². The van der Waals surface area contributed by atoms with E-state index >= 15 is 0 Å². The standard InChI is InChI=1S/C15H28N2O/c1-2-3-4-5-6-7-8-9-10-11-15-12-13-17(14-18)16-15/h12-13,18H,2-11,14H2,1H3. The Hall–Kier alpha value is -0.830. The molecule has 104 valence electrons. The summed E-state index contributed by atoms with van der Waals surface area (Å²) in [7, 11) is 0. The molecular formula is C15H28N2O. The van der Waals surface area contributed by atoms with E-state index in [1.807, 2.05) is 12.3 Å². The van der Waals surface area contributed by atoms with Crippen LogP contribution in [0.25, 0.3) is 0 Å². The Morgan fingerprint density at radius 3 is 2.17 bits per heavy atom. The number of hydrogen-bond acceptors (Lipinski definition) is 2. The van der Waals surface area contributed by atoms with E-state index in [9.17, 15) is 0 Å². The van der Waals surface area contributed by atoms with Gasteiger partial charge in [-0.05, 0) is 18.9 Å². The number of aromatic nitrogens is 2. The second kappa shape index (κ2) is 10.1. The molecular weight excluding hydrogens is 224 g/mol. The largest absolute Gasteiger partial charge is 0.374 e. The van der Waals surface area contributed by atoms with Gasteiger partial charge in [0.15, 0.2) is 0 Å². The second-order valence-corrected chi connectivity index (χ2v) is 5.07. The van der Waals surface area contributed by atoms with Crippen molar-refractivity contribution in [3.05, 3.63) is 18.0 Å². The quantitative estimate of drug-likeness (QED) is 0.606. The van der Waals surface area contributed by atoms with Crippen molar-refractivity contribution in [3.8, 4) is 0 Å². The zero-order valence-electron chi connectivity index (χ0n) is 11.8. The molecule has 0 bridgehead atoms. The maximum atomic E-state index is 8.88. The van der Waals surface area contributed by atoms with Crippen LogP contribution in [0.2, 0.25) is 0 Å². The van der Waals surface area contributed by atoms with E-state index in [4.69, 9.17) is 5.11 Å². The molecule has 0 aliphatic carbocycles. The van der Waals surface area contributed by atoms with Crippen LogP contribution in [0, 0.1) is 0 Å². The average Bonchev–Trinajstić information content (AvgIpc) is 2.85. The predicted octanol–water partition coefficient (Wildman–Crippen LogP) is 3.91. The predicted molar refractivity (Wildman–Crippen MR) is 75.4 cm³/mol. The van der Waals surface area contributed by atoms with Crippen LogP contribution in [0.4, 0.5) is 0 Å². The third kappa shape index (κ3) is 6.80.